The number of nitrogens with one attached hydrogen (secondary N) is 1. The van der Waals surface area contributed by atoms with Crippen LogP contribution in [-0.4, -0.2) is 96.6 Å². The van der Waals surface area contributed by atoms with E-state index in [1.54, 1.807) is 0 Å². The number of hydrogen-bond donors (Lipinski definition) is 2. The fourth-order valence-electron chi connectivity index (χ4n) is 4.28. The van der Waals surface area contributed by atoms with E-state index in [-0.39, 0.29) is 12.6 Å². The molecule has 0 unspecified atom stereocenters. The number of rotatable bonds is 5. The zero-order valence-corrected chi connectivity index (χ0v) is 19.0. The fourth-order valence-corrected chi connectivity index (χ4v) is 4.28. The van der Waals surface area contributed by atoms with Crippen molar-refractivity contribution in [3.63, 3.8) is 0 Å². The van der Waals surface area contributed by atoms with Gasteiger partial charge in [-0.25, -0.2) is 4.79 Å². The third-order valence-corrected chi connectivity index (χ3v) is 6.26. The number of aryl methyl sites for hydroxylation is 2. The number of hydrogen-bond acceptors (Lipinski definition) is 7. The number of nitrogens with zero attached hydrogens (tertiary/aromatic N) is 6. The number of aliphatic hydroxyl groups excluding tert-OH is 1. The first kappa shape index (κ1) is 22.3. The summed E-state index contributed by atoms with van der Waals surface area (Å²) in [6, 6.07) is 10.0. The SMILES string of the molecule is Cc1ccc(NC(=O)N2CCN(c3ccc(N4CCN(CCO)CC4)nn3)CC2)c(C)c1. The molecule has 172 valence electrons. The van der Waals surface area contributed by atoms with E-state index in [1.165, 1.54) is 5.56 Å². The molecule has 4 rings (SSSR count). The lowest BCUT2D eigenvalue weighted by molar-refractivity contribution is 0.188. The molecule has 0 aliphatic carbocycles. The Balaban J connectivity index is 1.27. The predicted octanol–water partition coefficient (Wildman–Crippen LogP) is 1.56. The first-order valence-corrected chi connectivity index (χ1v) is 11.3. The minimum Gasteiger partial charge on any atom is -0.395 e. The zero-order valence-electron chi connectivity index (χ0n) is 19.0. The number of anilines is 3. The molecule has 3 heterocycles. The van der Waals surface area contributed by atoms with Crippen LogP contribution in [0.25, 0.3) is 0 Å². The van der Waals surface area contributed by atoms with E-state index in [0.717, 1.165) is 68.7 Å². The second-order valence-electron chi connectivity index (χ2n) is 8.52. The fraction of sp³-hybridized carbons (Fsp3) is 0.522. The van der Waals surface area contributed by atoms with Crippen molar-refractivity contribution in [3.05, 3.63) is 41.5 Å². The average molecular weight is 440 g/mol. The van der Waals surface area contributed by atoms with Crippen molar-refractivity contribution in [2.75, 3.05) is 80.6 Å². The first-order chi connectivity index (χ1) is 15.5. The number of amides is 2. The van der Waals surface area contributed by atoms with Crippen molar-refractivity contribution in [2.45, 2.75) is 13.8 Å². The number of carbonyl (C=O) groups excluding carboxylic acids is 1. The van der Waals surface area contributed by atoms with Gasteiger partial charge in [0.15, 0.2) is 11.6 Å². The maximum Gasteiger partial charge on any atom is 0.321 e. The van der Waals surface area contributed by atoms with E-state index in [4.69, 9.17) is 5.11 Å². The standard InChI is InChI=1S/C23H33N7O2/c1-18-3-4-20(19(2)17-18)24-23(32)30-13-11-29(12-14-30)22-6-5-21(25-26-22)28-9-7-27(8-10-28)15-16-31/h3-6,17,31H,7-16H2,1-2H3,(H,24,32). The van der Waals surface area contributed by atoms with Crippen LogP contribution in [0, 0.1) is 13.8 Å². The van der Waals surface area contributed by atoms with Gasteiger partial charge in [-0.3, -0.25) is 4.90 Å². The lowest BCUT2D eigenvalue weighted by atomic mass is 10.1. The van der Waals surface area contributed by atoms with Crippen molar-refractivity contribution in [3.8, 4) is 0 Å². The molecule has 0 radical (unpaired) electrons. The summed E-state index contributed by atoms with van der Waals surface area (Å²) < 4.78 is 0. The number of urea groups is 1. The van der Waals surface area contributed by atoms with Crippen LogP contribution in [0.15, 0.2) is 30.3 Å². The first-order valence-electron chi connectivity index (χ1n) is 11.3. The van der Waals surface area contributed by atoms with Crippen LogP contribution in [0.2, 0.25) is 0 Å². The van der Waals surface area contributed by atoms with Crippen LogP contribution in [0.4, 0.5) is 22.1 Å². The average Bonchev–Trinajstić information content (AvgIpc) is 2.82. The second-order valence-corrected chi connectivity index (χ2v) is 8.52. The summed E-state index contributed by atoms with van der Waals surface area (Å²) >= 11 is 0. The minimum absolute atomic E-state index is 0.0571. The van der Waals surface area contributed by atoms with E-state index < -0.39 is 0 Å². The van der Waals surface area contributed by atoms with Gasteiger partial charge in [-0.1, -0.05) is 17.7 Å². The molecule has 0 bridgehead atoms. The molecule has 32 heavy (non-hydrogen) atoms. The molecule has 2 amide bonds. The highest BCUT2D eigenvalue weighted by molar-refractivity contribution is 5.90. The summed E-state index contributed by atoms with van der Waals surface area (Å²) in [4.78, 5) is 21.2. The molecule has 2 aromatic rings. The van der Waals surface area contributed by atoms with Crippen molar-refractivity contribution in [1.29, 1.82) is 0 Å². The van der Waals surface area contributed by atoms with Gasteiger partial charge in [-0.15, -0.1) is 10.2 Å². The monoisotopic (exact) mass is 439 g/mol. The largest absolute Gasteiger partial charge is 0.395 e. The smallest absolute Gasteiger partial charge is 0.321 e. The second kappa shape index (κ2) is 10.1. The Morgan fingerprint density at radius 2 is 1.50 bits per heavy atom. The summed E-state index contributed by atoms with van der Waals surface area (Å²) in [5.41, 5.74) is 3.12. The molecular formula is C23H33N7O2. The van der Waals surface area contributed by atoms with Gasteiger partial charge in [0.2, 0.25) is 0 Å². The summed E-state index contributed by atoms with van der Waals surface area (Å²) in [6.07, 6.45) is 0. The lowest BCUT2D eigenvalue weighted by Crippen LogP contribution is -2.50. The minimum atomic E-state index is -0.0571. The number of carbonyl (C=O) groups is 1. The number of piperazine rings is 2. The maximum atomic E-state index is 12.7. The molecule has 0 spiro atoms. The highest BCUT2D eigenvalue weighted by Crippen LogP contribution is 2.20. The number of β-amino-alcohol motifs (C(OH)–C–C–N with tert-alkyl or cyclic N) is 1. The highest BCUT2D eigenvalue weighted by Gasteiger charge is 2.23. The maximum absolute atomic E-state index is 12.7. The van der Waals surface area contributed by atoms with Crippen LogP contribution >= 0.6 is 0 Å². The third-order valence-electron chi connectivity index (χ3n) is 6.26. The molecule has 2 fully saturated rings. The Morgan fingerprint density at radius 3 is 2.03 bits per heavy atom. The van der Waals surface area contributed by atoms with Crippen molar-refractivity contribution >= 4 is 23.4 Å². The summed E-state index contributed by atoms with van der Waals surface area (Å²) in [7, 11) is 0. The van der Waals surface area contributed by atoms with Crippen LogP contribution in [0.3, 0.4) is 0 Å². The quantitative estimate of drug-likeness (QED) is 0.731. The van der Waals surface area contributed by atoms with Gasteiger partial charge in [0.25, 0.3) is 0 Å². The molecule has 1 aromatic heterocycles. The van der Waals surface area contributed by atoms with Crippen LogP contribution in [0.1, 0.15) is 11.1 Å². The van der Waals surface area contributed by atoms with Gasteiger partial charge < -0.3 is 25.1 Å². The van der Waals surface area contributed by atoms with Crippen LogP contribution in [-0.2, 0) is 0 Å². The van der Waals surface area contributed by atoms with Gasteiger partial charge >= 0.3 is 6.03 Å². The zero-order chi connectivity index (χ0) is 22.5. The Labute approximate surface area is 189 Å². The van der Waals surface area contributed by atoms with Crippen molar-refractivity contribution in [2.24, 2.45) is 0 Å². The number of benzene rings is 1. The highest BCUT2D eigenvalue weighted by atomic mass is 16.3. The molecule has 2 N–H and O–H groups in total. The Bertz CT molecular complexity index is 905. The number of aliphatic hydroxyl groups is 1. The Morgan fingerprint density at radius 1 is 0.906 bits per heavy atom. The Hall–Kier alpha value is -2.91. The third kappa shape index (κ3) is 5.28. The van der Waals surface area contributed by atoms with E-state index in [9.17, 15) is 4.79 Å². The molecule has 2 aliphatic rings. The molecule has 2 saturated heterocycles. The summed E-state index contributed by atoms with van der Waals surface area (Å²) in [5.74, 6) is 1.74. The number of aromatic nitrogens is 2. The molecular weight excluding hydrogens is 406 g/mol. The van der Waals surface area contributed by atoms with Gasteiger partial charge in [0, 0.05) is 64.6 Å². The van der Waals surface area contributed by atoms with Crippen molar-refractivity contribution < 1.29 is 9.90 Å². The van der Waals surface area contributed by atoms with Gasteiger partial charge in [0.05, 0.1) is 6.61 Å². The summed E-state index contributed by atoms with van der Waals surface area (Å²) in [6.45, 7) is 11.4. The molecule has 1 aromatic carbocycles. The molecule has 0 saturated carbocycles. The van der Waals surface area contributed by atoms with E-state index in [1.807, 2.05) is 43.0 Å². The van der Waals surface area contributed by atoms with Gasteiger partial charge in [0.1, 0.15) is 0 Å². The van der Waals surface area contributed by atoms with E-state index in [2.05, 4.69) is 36.3 Å². The topological polar surface area (TPSA) is 88.1 Å². The van der Waals surface area contributed by atoms with Gasteiger partial charge in [-0.05, 0) is 37.6 Å². The van der Waals surface area contributed by atoms with Crippen LogP contribution < -0.4 is 15.1 Å². The lowest BCUT2D eigenvalue weighted by Gasteiger charge is -2.36. The molecule has 0 atom stereocenters. The summed E-state index contributed by atoms with van der Waals surface area (Å²) in [5, 5.41) is 21.0. The van der Waals surface area contributed by atoms with E-state index >= 15 is 0 Å². The molecule has 2 aliphatic heterocycles. The molecule has 9 nitrogen and oxygen atoms in total. The Kier molecular flexibility index (Phi) is 7.06. The van der Waals surface area contributed by atoms with Crippen molar-refractivity contribution in [1.82, 2.24) is 20.0 Å². The normalized spacial score (nSPS) is 17.5. The van der Waals surface area contributed by atoms with Crippen LogP contribution in [0.5, 0.6) is 0 Å². The predicted molar refractivity (Wildman–Crippen MR) is 126 cm³/mol. The van der Waals surface area contributed by atoms with E-state index in [0.29, 0.717) is 13.1 Å². The molecule has 9 heteroatoms. The van der Waals surface area contributed by atoms with Gasteiger partial charge in [-0.2, -0.15) is 0 Å².